The summed E-state index contributed by atoms with van der Waals surface area (Å²) in [6, 6.07) is 0. The molecule has 0 bridgehead atoms. The standard InChI is InChI=1S/C19H8F26O4/c1-5(7(47)49-4-9(22,23)11(26,27)13(30,31)15(34,35)17(38,39)19(43,44)45)2-6(46)48-3-8(20,21)10(24,25)12(28,29)14(32,33)16(36,37)18(40,41)42/h2H,3-4H2,1H3/b5-2-. The van der Waals surface area contributed by atoms with Crippen molar-refractivity contribution in [3.63, 3.8) is 0 Å². The summed E-state index contributed by atoms with van der Waals surface area (Å²) in [6.45, 7) is -7.43. The van der Waals surface area contributed by atoms with E-state index in [1.54, 1.807) is 0 Å². The smallest absolute Gasteiger partial charge is 0.456 e. The van der Waals surface area contributed by atoms with Crippen LogP contribution < -0.4 is 0 Å². The summed E-state index contributed by atoms with van der Waals surface area (Å²) >= 11 is 0. The highest BCUT2D eigenvalue weighted by Crippen LogP contribution is 2.61. The molecule has 49 heavy (non-hydrogen) atoms. The average Bonchev–Trinajstić information content (AvgIpc) is 2.88. The van der Waals surface area contributed by atoms with E-state index in [1.165, 1.54) is 0 Å². The number of halogens is 26. The zero-order valence-electron chi connectivity index (χ0n) is 22.0. The largest absolute Gasteiger partial charge is 0.460 e. The van der Waals surface area contributed by atoms with Gasteiger partial charge in [0, 0.05) is 11.6 Å². The van der Waals surface area contributed by atoms with Gasteiger partial charge in [0.2, 0.25) is 0 Å². The van der Waals surface area contributed by atoms with Gasteiger partial charge in [0.25, 0.3) is 0 Å². The molecule has 0 aromatic heterocycles. The first-order chi connectivity index (χ1) is 20.9. The second-order valence-electron chi connectivity index (χ2n) is 9.01. The zero-order chi connectivity index (χ0) is 40.3. The van der Waals surface area contributed by atoms with Crippen molar-refractivity contribution in [2.75, 3.05) is 13.2 Å². The summed E-state index contributed by atoms with van der Waals surface area (Å²) in [5.41, 5.74) is -1.86. The summed E-state index contributed by atoms with van der Waals surface area (Å²) < 4.78 is 344. The van der Waals surface area contributed by atoms with Gasteiger partial charge < -0.3 is 9.47 Å². The molecular formula is C19H8F26O4. The Balaban J connectivity index is 5.99. The molecule has 0 radical (unpaired) electrons. The molecule has 0 heterocycles. The predicted octanol–water partition coefficient (Wildman–Crippen LogP) is 8.50. The van der Waals surface area contributed by atoms with Crippen LogP contribution in [-0.4, -0.2) is 96.7 Å². The summed E-state index contributed by atoms with van der Waals surface area (Å²) in [7, 11) is 0. The second-order valence-corrected chi connectivity index (χ2v) is 9.01. The van der Waals surface area contributed by atoms with Crippen LogP contribution in [-0.2, 0) is 19.1 Å². The fourth-order valence-electron chi connectivity index (χ4n) is 2.49. The number of carbonyl (C=O) groups excluding carboxylic acids is 2. The summed E-state index contributed by atoms with van der Waals surface area (Å²) in [5, 5.41) is 0. The van der Waals surface area contributed by atoms with Gasteiger partial charge in [0.1, 0.15) is 0 Å². The number of rotatable bonds is 14. The Morgan fingerprint density at radius 3 is 0.918 bits per heavy atom. The molecule has 0 amide bonds. The van der Waals surface area contributed by atoms with Crippen molar-refractivity contribution in [1.29, 1.82) is 0 Å². The van der Waals surface area contributed by atoms with Crippen molar-refractivity contribution < 1.29 is 133 Å². The Morgan fingerprint density at radius 2 is 0.653 bits per heavy atom. The minimum atomic E-state index is -8.37. The van der Waals surface area contributed by atoms with Crippen LogP contribution in [0, 0.1) is 0 Å². The van der Waals surface area contributed by atoms with Crippen LogP contribution in [0.4, 0.5) is 114 Å². The number of esters is 2. The van der Waals surface area contributed by atoms with Crippen molar-refractivity contribution >= 4 is 11.9 Å². The quantitative estimate of drug-likeness (QED) is 0.101. The van der Waals surface area contributed by atoms with Gasteiger partial charge in [-0.05, 0) is 6.92 Å². The van der Waals surface area contributed by atoms with Crippen LogP contribution in [0.25, 0.3) is 0 Å². The molecule has 0 spiro atoms. The van der Waals surface area contributed by atoms with Crippen LogP contribution in [0.5, 0.6) is 0 Å². The maximum Gasteiger partial charge on any atom is 0.460 e. The van der Waals surface area contributed by atoms with Gasteiger partial charge in [-0.1, -0.05) is 0 Å². The highest BCUT2D eigenvalue weighted by Gasteiger charge is 2.92. The minimum absolute atomic E-state index is 0.0345. The SMILES string of the molecule is C/C(=C/C(=O)OCC(F)(F)C(F)(F)C(F)(F)C(F)(F)C(F)(F)C(F)(F)F)C(=O)OCC(F)(F)C(F)(F)C(F)(F)C(F)(F)C(F)(F)C(F)(F)F. The molecule has 0 aliphatic rings. The molecule has 4 nitrogen and oxygen atoms in total. The normalized spacial score (nSPS) is 16.1. The molecule has 0 atom stereocenters. The number of alkyl halides is 26. The molecule has 0 saturated carbocycles. The van der Waals surface area contributed by atoms with Gasteiger partial charge in [0.05, 0.1) is 0 Å². The zero-order valence-corrected chi connectivity index (χ0v) is 22.0. The lowest BCUT2D eigenvalue weighted by atomic mass is 9.94. The molecular weight excluding hydrogens is 786 g/mol. The Morgan fingerprint density at radius 1 is 0.408 bits per heavy atom. The fourth-order valence-corrected chi connectivity index (χ4v) is 2.49. The topological polar surface area (TPSA) is 52.6 Å². The Hall–Kier alpha value is -3.14. The lowest BCUT2D eigenvalue weighted by molar-refractivity contribution is -0.441. The van der Waals surface area contributed by atoms with Gasteiger partial charge in [0.15, 0.2) is 13.2 Å². The van der Waals surface area contributed by atoms with E-state index in [0.29, 0.717) is 0 Å². The molecule has 0 aliphatic carbocycles. The molecule has 0 aromatic rings. The molecule has 0 unspecified atom stereocenters. The van der Waals surface area contributed by atoms with Crippen molar-refractivity contribution in [2.24, 2.45) is 0 Å². The highest BCUT2D eigenvalue weighted by atomic mass is 19.4. The van der Waals surface area contributed by atoms with Crippen LogP contribution >= 0.6 is 0 Å². The third-order valence-corrected chi connectivity index (χ3v) is 5.43. The predicted molar refractivity (Wildman–Crippen MR) is 97.3 cm³/mol. The summed E-state index contributed by atoms with van der Waals surface area (Å²) in [6.07, 6.45) is -16.4. The number of ether oxygens (including phenoxy) is 2. The van der Waals surface area contributed by atoms with Crippen LogP contribution in [0.1, 0.15) is 6.92 Å². The maximum atomic E-state index is 13.6. The lowest BCUT2D eigenvalue weighted by Gasteiger charge is -2.39. The Labute approximate surface area is 249 Å². The van der Waals surface area contributed by atoms with E-state index in [1.807, 2.05) is 0 Å². The van der Waals surface area contributed by atoms with Crippen molar-refractivity contribution in [2.45, 2.75) is 78.5 Å². The molecule has 0 rings (SSSR count). The lowest BCUT2D eigenvalue weighted by Crippen LogP contribution is -2.70. The highest BCUT2D eigenvalue weighted by molar-refractivity contribution is 5.95. The van der Waals surface area contributed by atoms with Crippen LogP contribution in [0.2, 0.25) is 0 Å². The first-order valence-electron chi connectivity index (χ1n) is 10.8. The van der Waals surface area contributed by atoms with E-state index >= 15 is 0 Å². The third kappa shape index (κ3) is 7.22. The van der Waals surface area contributed by atoms with E-state index in [4.69, 9.17) is 0 Å². The molecule has 290 valence electrons. The second kappa shape index (κ2) is 12.6. The van der Waals surface area contributed by atoms with E-state index in [-0.39, 0.29) is 6.92 Å². The fraction of sp³-hybridized carbons (Fsp3) is 0.789. The monoisotopic (exact) mass is 794 g/mol. The maximum absolute atomic E-state index is 13.6. The van der Waals surface area contributed by atoms with E-state index in [9.17, 15) is 124 Å². The number of hydrogen-bond acceptors (Lipinski definition) is 4. The van der Waals surface area contributed by atoms with Crippen molar-refractivity contribution in [3.8, 4) is 0 Å². The molecule has 0 saturated heterocycles. The molecule has 30 heteroatoms. The van der Waals surface area contributed by atoms with Gasteiger partial charge in [-0.15, -0.1) is 0 Å². The van der Waals surface area contributed by atoms with E-state index in [2.05, 4.69) is 9.47 Å². The van der Waals surface area contributed by atoms with Crippen molar-refractivity contribution in [3.05, 3.63) is 11.6 Å². The minimum Gasteiger partial charge on any atom is -0.456 e. The Bertz CT molecular complexity index is 1260. The van der Waals surface area contributed by atoms with Gasteiger partial charge in [-0.2, -0.15) is 114 Å². The van der Waals surface area contributed by atoms with Crippen molar-refractivity contribution in [1.82, 2.24) is 0 Å². The van der Waals surface area contributed by atoms with Crippen LogP contribution in [0.15, 0.2) is 11.6 Å². The van der Waals surface area contributed by atoms with E-state index < -0.39 is 108 Å². The van der Waals surface area contributed by atoms with Crippen LogP contribution in [0.3, 0.4) is 0 Å². The first kappa shape index (κ1) is 45.9. The van der Waals surface area contributed by atoms with Gasteiger partial charge in [-0.25, -0.2) is 9.59 Å². The van der Waals surface area contributed by atoms with Gasteiger partial charge >= 0.3 is 83.5 Å². The summed E-state index contributed by atoms with van der Waals surface area (Å²) in [4.78, 5) is 22.8. The number of carbonyl (C=O) groups is 2. The number of hydrogen-bond donors (Lipinski definition) is 0. The molecule has 0 N–H and O–H groups in total. The first-order valence-corrected chi connectivity index (χ1v) is 10.8. The van der Waals surface area contributed by atoms with Gasteiger partial charge in [-0.3, -0.25) is 0 Å². The summed E-state index contributed by atoms with van der Waals surface area (Å²) in [5.74, 6) is -85.4. The molecule has 0 aliphatic heterocycles. The third-order valence-electron chi connectivity index (χ3n) is 5.43. The molecule has 0 fully saturated rings. The van der Waals surface area contributed by atoms with E-state index in [0.717, 1.165) is 0 Å². The average molecular weight is 794 g/mol. The molecule has 0 aromatic carbocycles. The Kier molecular flexibility index (Phi) is 11.8.